The molecule has 0 bridgehead atoms. The van der Waals surface area contributed by atoms with Crippen LogP contribution in [0, 0.1) is 0 Å². The number of anilines is 1. The van der Waals surface area contributed by atoms with Crippen molar-refractivity contribution in [2.24, 2.45) is 4.99 Å². The normalized spacial score (nSPS) is 21.4. The molecule has 2 nitrogen and oxygen atoms in total. The van der Waals surface area contributed by atoms with Crippen LogP contribution in [-0.4, -0.2) is 12.3 Å². The summed E-state index contributed by atoms with van der Waals surface area (Å²) in [6.45, 7) is 6.86. The quantitative estimate of drug-likeness (QED) is 0.614. The monoisotopic (exact) mass is 326 g/mol. The van der Waals surface area contributed by atoms with Gasteiger partial charge in [-0.25, -0.2) is 0 Å². The highest BCUT2D eigenvalue weighted by Gasteiger charge is 2.50. The molecule has 2 aliphatic rings. The zero-order chi connectivity index (χ0) is 17.4. The Hall–Kier alpha value is -2.87. The molecular formula is C23H22N2. The molecule has 1 atom stereocenters. The van der Waals surface area contributed by atoms with Crippen molar-refractivity contribution in [1.82, 2.24) is 0 Å². The second kappa shape index (κ2) is 5.89. The van der Waals surface area contributed by atoms with Gasteiger partial charge in [0.1, 0.15) is 0 Å². The van der Waals surface area contributed by atoms with Gasteiger partial charge in [-0.2, -0.15) is 0 Å². The lowest BCUT2D eigenvalue weighted by Crippen LogP contribution is -2.33. The van der Waals surface area contributed by atoms with Gasteiger partial charge >= 0.3 is 0 Å². The lowest BCUT2D eigenvalue weighted by Gasteiger charge is -2.30. The highest BCUT2D eigenvalue weighted by Crippen LogP contribution is 2.54. The molecule has 0 saturated heterocycles. The molecule has 4 rings (SSSR count). The van der Waals surface area contributed by atoms with Crippen molar-refractivity contribution >= 4 is 17.0 Å². The molecule has 0 aromatic heterocycles. The lowest BCUT2D eigenvalue weighted by atomic mass is 9.70. The summed E-state index contributed by atoms with van der Waals surface area (Å²) in [4.78, 5) is 4.64. The molecule has 0 amide bonds. The van der Waals surface area contributed by atoms with Gasteiger partial charge in [0.15, 0.2) is 0 Å². The minimum atomic E-state index is -0.278. The Balaban J connectivity index is 2.04. The Bertz CT molecular complexity index is 932. The molecule has 2 aromatic rings. The third-order valence-corrected chi connectivity index (χ3v) is 5.28. The fraction of sp³-hybridized carbons (Fsp3) is 0.174. The maximum absolute atomic E-state index is 6.42. The summed E-state index contributed by atoms with van der Waals surface area (Å²) >= 11 is 0. The van der Waals surface area contributed by atoms with Gasteiger partial charge in [0, 0.05) is 11.3 Å². The van der Waals surface area contributed by atoms with Crippen molar-refractivity contribution in [3.8, 4) is 0 Å². The van der Waals surface area contributed by atoms with Crippen LogP contribution in [0.15, 0.2) is 83.9 Å². The first kappa shape index (κ1) is 15.6. The van der Waals surface area contributed by atoms with Crippen molar-refractivity contribution in [3.05, 3.63) is 95.6 Å². The molecule has 2 aromatic carbocycles. The number of aliphatic imine (C=N–C) groups is 1. The van der Waals surface area contributed by atoms with Crippen molar-refractivity contribution in [2.75, 3.05) is 12.3 Å². The molecule has 1 unspecified atom stereocenters. The number of nitrogens with zero attached hydrogens (tertiary/aromatic N) is 1. The average Bonchev–Trinajstić information content (AvgIpc) is 3.43. The van der Waals surface area contributed by atoms with Gasteiger partial charge in [-0.05, 0) is 41.7 Å². The van der Waals surface area contributed by atoms with E-state index in [1.165, 1.54) is 28.0 Å². The highest BCUT2D eigenvalue weighted by molar-refractivity contribution is 6.15. The maximum atomic E-state index is 6.42. The van der Waals surface area contributed by atoms with E-state index >= 15 is 0 Å². The average molecular weight is 326 g/mol. The standard InChI is InChI=1S/C23H22N2/c1-3-4-6-12-18-16(2)23(21-15-25-21,17-10-7-5-8-11-17)19-13-9-14-20(24)22(18)19/h3,5-14H,1,4,15,24H2,2H3/b12-6-. The maximum Gasteiger partial charge on any atom is 0.0822 e. The molecule has 2 N–H and O–H groups in total. The predicted octanol–water partition coefficient (Wildman–Crippen LogP) is 4.93. The summed E-state index contributed by atoms with van der Waals surface area (Å²) in [6, 6.07) is 16.9. The van der Waals surface area contributed by atoms with Gasteiger partial charge in [0.2, 0.25) is 0 Å². The minimum Gasteiger partial charge on any atom is -0.398 e. The van der Waals surface area contributed by atoms with E-state index < -0.39 is 0 Å². The van der Waals surface area contributed by atoms with E-state index in [0.717, 1.165) is 24.2 Å². The summed E-state index contributed by atoms with van der Waals surface area (Å²) in [5, 5.41) is 0. The smallest absolute Gasteiger partial charge is 0.0822 e. The van der Waals surface area contributed by atoms with E-state index in [0.29, 0.717) is 0 Å². The van der Waals surface area contributed by atoms with Crippen LogP contribution in [-0.2, 0) is 5.41 Å². The first-order chi connectivity index (χ1) is 12.2. The number of rotatable bonds is 5. The van der Waals surface area contributed by atoms with E-state index in [-0.39, 0.29) is 5.41 Å². The summed E-state index contributed by atoms with van der Waals surface area (Å²) < 4.78 is 0. The Kier molecular flexibility index (Phi) is 3.69. The second-order valence-corrected chi connectivity index (χ2v) is 6.61. The number of fused-ring (bicyclic) bond motifs is 1. The Morgan fingerprint density at radius 3 is 2.60 bits per heavy atom. The topological polar surface area (TPSA) is 38.4 Å². The SMILES string of the molecule is C=CC/C=C\C1=C(C)C(C2=NC2)(c2ccccc2)c2cccc(N)c21. The molecule has 0 saturated carbocycles. The summed E-state index contributed by atoms with van der Waals surface area (Å²) in [6.07, 6.45) is 7.10. The second-order valence-electron chi connectivity index (χ2n) is 6.61. The Morgan fingerprint density at radius 2 is 1.92 bits per heavy atom. The van der Waals surface area contributed by atoms with Crippen LogP contribution < -0.4 is 5.73 Å². The first-order valence-corrected chi connectivity index (χ1v) is 8.68. The van der Waals surface area contributed by atoms with Crippen molar-refractivity contribution in [3.63, 3.8) is 0 Å². The summed E-state index contributed by atoms with van der Waals surface area (Å²) in [5.41, 5.74) is 14.4. The molecule has 2 heteroatoms. The molecular weight excluding hydrogens is 304 g/mol. The largest absolute Gasteiger partial charge is 0.398 e. The van der Waals surface area contributed by atoms with Crippen LogP contribution in [0.1, 0.15) is 30.0 Å². The fourth-order valence-corrected chi connectivity index (χ4v) is 4.14. The van der Waals surface area contributed by atoms with Gasteiger partial charge < -0.3 is 5.73 Å². The lowest BCUT2D eigenvalue weighted by molar-refractivity contribution is 0.839. The van der Waals surface area contributed by atoms with Crippen LogP contribution >= 0.6 is 0 Å². The van der Waals surface area contributed by atoms with E-state index in [1.54, 1.807) is 0 Å². The molecule has 0 radical (unpaired) electrons. The number of hydrogen-bond donors (Lipinski definition) is 1. The van der Waals surface area contributed by atoms with Gasteiger partial charge in [-0.15, -0.1) is 6.58 Å². The number of benzene rings is 2. The van der Waals surface area contributed by atoms with E-state index in [1.807, 2.05) is 12.1 Å². The van der Waals surface area contributed by atoms with Gasteiger partial charge in [-0.1, -0.05) is 60.7 Å². The highest BCUT2D eigenvalue weighted by atomic mass is 14.9. The van der Waals surface area contributed by atoms with Gasteiger partial charge in [-0.3, -0.25) is 4.99 Å². The Morgan fingerprint density at radius 1 is 1.16 bits per heavy atom. The van der Waals surface area contributed by atoms with Crippen molar-refractivity contribution in [2.45, 2.75) is 18.8 Å². The van der Waals surface area contributed by atoms with E-state index in [2.05, 4.69) is 73.1 Å². The van der Waals surface area contributed by atoms with Crippen LogP contribution in [0.4, 0.5) is 5.69 Å². The first-order valence-electron chi connectivity index (χ1n) is 8.68. The minimum absolute atomic E-state index is 0.278. The van der Waals surface area contributed by atoms with Crippen LogP contribution in [0.5, 0.6) is 0 Å². The van der Waals surface area contributed by atoms with E-state index in [4.69, 9.17) is 5.73 Å². The van der Waals surface area contributed by atoms with Crippen LogP contribution in [0.25, 0.3) is 5.57 Å². The summed E-state index contributed by atoms with van der Waals surface area (Å²) in [7, 11) is 0. The van der Waals surface area contributed by atoms with Crippen LogP contribution in [0.2, 0.25) is 0 Å². The zero-order valence-corrected chi connectivity index (χ0v) is 14.5. The van der Waals surface area contributed by atoms with Crippen LogP contribution in [0.3, 0.4) is 0 Å². The third-order valence-electron chi connectivity index (χ3n) is 5.28. The molecule has 124 valence electrons. The molecule has 1 heterocycles. The zero-order valence-electron chi connectivity index (χ0n) is 14.5. The number of nitrogens with two attached hydrogens (primary N) is 1. The molecule has 0 spiro atoms. The molecule has 0 fully saturated rings. The Labute approximate surface area is 149 Å². The predicted molar refractivity (Wildman–Crippen MR) is 107 cm³/mol. The summed E-state index contributed by atoms with van der Waals surface area (Å²) in [5.74, 6) is 0. The number of nitrogen functional groups attached to an aromatic ring is 1. The third kappa shape index (κ3) is 2.21. The number of hydrogen-bond acceptors (Lipinski definition) is 2. The van der Waals surface area contributed by atoms with Gasteiger partial charge in [0.25, 0.3) is 0 Å². The molecule has 1 aliphatic carbocycles. The molecule has 1 aliphatic heterocycles. The van der Waals surface area contributed by atoms with E-state index in [9.17, 15) is 0 Å². The van der Waals surface area contributed by atoms with Gasteiger partial charge in [0.05, 0.1) is 17.7 Å². The molecule has 25 heavy (non-hydrogen) atoms. The fourth-order valence-electron chi connectivity index (χ4n) is 4.14. The number of allylic oxidation sites excluding steroid dienone is 5. The van der Waals surface area contributed by atoms with Crippen molar-refractivity contribution < 1.29 is 0 Å². The van der Waals surface area contributed by atoms with Crippen molar-refractivity contribution in [1.29, 1.82) is 0 Å².